The molecule has 0 aliphatic rings. The number of nitrogens with zero attached hydrogens (tertiary/aromatic N) is 1. The largest absolute Gasteiger partial charge is 0.487 e. The fourth-order valence-corrected chi connectivity index (χ4v) is 1.09. The number of halogens is 2. The summed E-state index contributed by atoms with van der Waals surface area (Å²) in [6.07, 6.45) is 3.40. The molecular formula is C8H7BrClNO. The minimum atomic E-state index is 0.452. The predicted octanol–water partition coefficient (Wildman–Crippen LogP) is 2.98. The summed E-state index contributed by atoms with van der Waals surface area (Å²) in [5, 5.41) is 0. The molecule has 0 fully saturated rings. The highest BCUT2D eigenvalue weighted by Gasteiger charge is 1.97. The second-order valence-corrected chi connectivity index (χ2v) is 2.97. The molecular weight excluding hydrogens is 241 g/mol. The maximum Gasteiger partial charge on any atom is 0.152 e. The molecule has 4 heteroatoms. The number of ether oxygens (including phenoxy) is 1. The van der Waals surface area contributed by atoms with Gasteiger partial charge in [-0.2, -0.15) is 0 Å². The predicted molar refractivity (Wildman–Crippen MR) is 52.4 cm³/mol. The smallest absolute Gasteiger partial charge is 0.152 e. The molecule has 0 unspecified atom stereocenters. The van der Waals surface area contributed by atoms with E-state index in [1.807, 2.05) is 12.1 Å². The van der Waals surface area contributed by atoms with E-state index in [1.54, 1.807) is 12.3 Å². The van der Waals surface area contributed by atoms with E-state index in [1.165, 1.54) is 5.54 Å². The molecule has 0 aromatic carbocycles. The van der Waals surface area contributed by atoms with Gasteiger partial charge in [0.15, 0.2) is 5.75 Å². The van der Waals surface area contributed by atoms with Gasteiger partial charge < -0.3 is 4.74 Å². The number of hydrogen-bond acceptors (Lipinski definition) is 2. The van der Waals surface area contributed by atoms with Gasteiger partial charge in [0.25, 0.3) is 0 Å². The van der Waals surface area contributed by atoms with Crippen LogP contribution < -0.4 is 4.74 Å². The molecule has 1 aromatic heterocycles. The SMILES string of the molecule is ClC=CCOc1cccnc1Br. The van der Waals surface area contributed by atoms with Crippen molar-refractivity contribution in [2.24, 2.45) is 0 Å². The molecule has 0 radical (unpaired) electrons. The summed E-state index contributed by atoms with van der Waals surface area (Å²) < 4.78 is 6.00. The Kier molecular flexibility index (Phi) is 4.11. The Morgan fingerprint density at radius 2 is 2.50 bits per heavy atom. The van der Waals surface area contributed by atoms with Crippen LogP contribution in [0.25, 0.3) is 0 Å². The van der Waals surface area contributed by atoms with E-state index in [0.717, 1.165) is 0 Å². The number of aromatic nitrogens is 1. The Morgan fingerprint density at radius 3 is 3.17 bits per heavy atom. The number of pyridine rings is 1. The van der Waals surface area contributed by atoms with Crippen LogP contribution in [0, 0.1) is 0 Å². The van der Waals surface area contributed by atoms with Gasteiger partial charge in [0.1, 0.15) is 11.2 Å². The van der Waals surface area contributed by atoms with Gasteiger partial charge in [-0.25, -0.2) is 4.98 Å². The summed E-state index contributed by atoms with van der Waals surface area (Å²) in [5.41, 5.74) is 1.42. The summed E-state index contributed by atoms with van der Waals surface area (Å²) >= 11 is 8.57. The summed E-state index contributed by atoms with van der Waals surface area (Å²) in [5.74, 6) is 0.715. The second kappa shape index (κ2) is 5.17. The van der Waals surface area contributed by atoms with Gasteiger partial charge >= 0.3 is 0 Å². The first-order valence-corrected chi connectivity index (χ1v) is 4.56. The molecule has 0 saturated heterocycles. The van der Waals surface area contributed by atoms with Crippen molar-refractivity contribution in [3.8, 4) is 5.75 Å². The fourth-order valence-electron chi connectivity index (χ4n) is 0.653. The van der Waals surface area contributed by atoms with Crippen molar-refractivity contribution in [3.05, 3.63) is 34.5 Å². The quantitative estimate of drug-likeness (QED) is 0.767. The molecule has 1 heterocycles. The fraction of sp³-hybridized carbons (Fsp3) is 0.125. The first-order chi connectivity index (χ1) is 5.84. The van der Waals surface area contributed by atoms with Crippen molar-refractivity contribution in [1.82, 2.24) is 4.98 Å². The summed E-state index contributed by atoms with van der Waals surface area (Å²) in [4.78, 5) is 3.99. The lowest BCUT2D eigenvalue weighted by molar-refractivity contribution is 0.359. The highest BCUT2D eigenvalue weighted by atomic mass is 79.9. The zero-order valence-corrected chi connectivity index (χ0v) is 8.55. The second-order valence-electron chi connectivity index (χ2n) is 1.97. The molecule has 0 aliphatic heterocycles. The summed E-state index contributed by atoms with van der Waals surface area (Å²) in [7, 11) is 0. The van der Waals surface area contributed by atoms with E-state index >= 15 is 0 Å². The maximum absolute atomic E-state index is 5.32. The average molecular weight is 249 g/mol. The molecule has 0 spiro atoms. The van der Waals surface area contributed by atoms with E-state index in [9.17, 15) is 0 Å². The van der Waals surface area contributed by atoms with Crippen LogP contribution in [0.1, 0.15) is 0 Å². The third-order valence-corrected chi connectivity index (χ3v) is 1.92. The molecule has 12 heavy (non-hydrogen) atoms. The summed E-state index contributed by atoms with van der Waals surface area (Å²) in [6.45, 7) is 0.452. The minimum absolute atomic E-state index is 0.452. The van der Waals surface area contributed by atoms with Crippen LogP contribution in [-0.2, 0) is 0 Å². The molecule has 64 valence electrons. The molecule has 1 aromatic rings. The Hall–Kier alpha value is -0.540. The van der Waals surface area contributed by atoms with Gasteiger partial charge in [-0.1, -0.05) is 11.6 Å². The van der Waals surface area contributed by atoms with Crippen LogP contribution in [-0.4, -0.2) is 11.6 Å². The van der Waals surface area contributed by atoms with E-state index in [2.05, 4.69) is 20.9 Å². The van der Waals surface area contributed by atoms with Crippen molar-refractivity contribution in [2.45, 2.75) is 0 Å². The molecule has 0 saturated carbocycles. The maximum atomic E-state index is 5.32. The van der Waals surface area contributed by atoms with Crippen molar-refractivity contribution in [3.63, 3.8) is 0 Å². The molecule has 2 nitrogen and oxygen atoms in total. The van der Waals surface area contributed by atoms with Crippen molar-refractivity contribution < 1.29 is 4.74 Å². The summed E-state index contributed by atoms with van der Waals surface area (Å²) in [6, 6.07) is 3.64. The first-order valence-electron chi connectivity index (χ1n) is 3.33. The van der Waals surface area contributed by atoms with Crippen LogP contribution >= 0.6 is 27.5 Å². The van der Waals surface area contributed by atoms with Crippen LogP contribution in [0.5, 0.6) is 5.75 Å². The zero-order valence-electron chi connectivity index (χ0n) is 6.21. The number of rotatable bonds is 3. The van der Waals surface area contributed by atoms with E-state index < -0.39 is 0 Å². The van der Waals surface area contributed by atoms with E-state index in [4.69, 9.17) is 16.3 Å². The van der Waals surface area contributed by atoms with Crippen molar-refractivity contribution in [2.75, 3.05) is 6.61 Å². The van der Waals surface area contributed by atoms with Crippen LogP contribution in [0.3, 0.4) is 0 Å². The van der Waals surface area contributed by atoms with Gasteiger partial charge in [-0.3, -0.25) is 0 Å². The Morgan fingerprint density at radius 1 is 1.67 bits per heavy atom. The molecule has 0 amide bonds. The van der Waals surface area contributed by atoms with Gasteiger partial charge in [-0.05, 0) is 34.1 Å². The van der Waals surface area contributed by atoms with E-state index in [-0.39, 0.29) is 0 Å². The van der Waals surface area contributed by atoms with Gasteiger partial charge in [0.05, 0.1) is 0 Å². The lowest BCUT2D eigenvalue weighted by Gasteiger charge is -2.02. The third kappa shape index (κ3) is 2.83. The highest BCUT2D eigenvalue weighted by Crippen LogP contribution is 2.20. The zero-order chi connectivity index (χ0) is 8.81. The first kappa shape index (κ1) is 9.55. The van der Waals surface area contributed by atoms with Gasteiger partial charge in [0, 0.05) is 11.7 Å². The van der Waals surface area contributed by atoms with Crippen molar-refractivity contribution in [1.29, 1.82) is 0 Å². The molecule has 0 bridgehead atoms. The topological polar surface area (TPSA) is 22.1 Å². The van der Waals surface area contributed by atoms with Crippen LogP contribution in [0.4, 0.5) is 0 Å². The third-order valence-electron chi connectivity index (χ3n) is 1.15. The normalized spacial score (nSPS) is 10.5. The Balaban J connectivity index is 2.57. The molecule has 0 aliphatic carbocycles. The van der Waals surface area contributed by atoms with E-state index in [0.29, 0.717) is 17.0 Å². The highest BCUT2D eigenvalue weighted by molar-refractivity contribution is 9.10. The monoisotopic (exact) mass is 247 g/mol. The Bertz CT molecular complexity index is 278. The van der Waals surface area contributed by atoms with Crippen LogP contribution in [0.2, 0.25) is 0 Å². The molecule has 1 rings (SSSR count). The minimum Gasteiger partial charge on any atom is -0.487 e. The lowest BCUT2D eigenvalue weighted by atomic mass is 10.5. The van der Waals surface area contributed by atoms with Gasteiger partial charge in [0.2, 0.25) is 0 Å². The standard InChI is InChI=1S/C8H7BrClNO/c9-8-7(3-1-5-11-8)12-6-2-4-10/h1-5H,6H2. The number of hydrogen-bond donors (Lipinski definition) is 0. The molecule has 0 atom stereocenters. The Labute approximate surface area is 84.3 Å². The van der Waals surface area contributed by atoms with Crippen LogP contribution in [0.15, 0.2) is 34.5 Å². The van der Waals surface area contributed by atoms with Crippen molar-refractivity contribution >= 4 is 27.5 Å². The van der Waals surface area contributed by atoms with Gasteiger partial charge in [-0.15, -0.1) is 0 Å². The average Bonchev–Trinajstić information content (AvgIpc) is 2.09. The molecule has 0 N–H and O–H groups in total. The lowest BCUT2D eigenvalue weighted by Crippen LogP contribution is -1.94.